The van der Waals surface area contributed by atoms with Crippen molar-refractivity contribution >= 4 is 10.0 Å². The highest BCUT2D eigenvalue weighted by molar-refractivity contribution is 7.89. The van der Waals surface area contributed by atoms with Crippen molar-refractivity contribution in [2.45, 2.75) is 23.4 Å². The van der Waals surface area contributed by atoms with E-state index in [1.807, 2.05) is 0 Å². The molecule has 0 saturated carbocycles. The predicted molar refractivity (Wildman–Crippen MR) is 76.0 cm³/mol. The SMILES string of the molecule is N#Cc1cc(F)c(S(=O)(=O)N2CC(NC3CCOC3)C2)c(F)c1. The normalized spacial score (nSPS) is 22.7. The van der Waals surface area contributed by atoms with Crippen molar-refractivity contribution in [1.29, 1.82) is 5.26 Å². The maximum atomic E-state index is 13.9. The summed E-state index contributed by atoms with van der Waals surface area (Å²) in [5.74, 6) is -2.50. The van der Waals surface area contributed by atoms with Crippen LogP contribution in [0.5, 0.6) is 0 Å². The van der Waals surface area contributed by atoms with E-state index in [2.05, 4.69) is 5.32 Å². The molecule has 0 bridgehead atoms. The average molecular weight is 343 g/mol. The van der Waals surface area contributed by atoms with Gasteiger partial charge in [-0.2, -0.15) is 9.57 Å². The van der Waals surface area contributed by atoms with E-state index >= 15 is 0 Å². The number of hydrogen-bond acceptors (Lipinski definition) is 5. The van der Waals surface area contributed by atoms with Gasteiger partial charge in [-0.3, -0.25) is 0 Å². The molecule has 3 rings (SSSR count). The van der Waals surface area contributed by atoms with E-state index < -0.39 is 26.6 Å². The van der Waals surface area contributed by atoms with E-state index in [4.69, 9.17) is 10.00 Å². The Bertz CT molecular complexity index is 728. The molecule has 1 aromatic carbocycles. The van der Waals surface area contributed by atoms with E-state index in [1.54, 1.807) is 6.07 Å². The Labute approximate surface area is 132 Å². The Morgan fingerprint density at radius 2 is 1.91 bits per heavy atom. The van der Waals surface area contributed by atoms with Crippen LogP contribution in [0.3, 0.4) is 0 Å². The van der Waals surface area contributed by atoms with Crippen LogP contribution in [0.25, 0.3) is 0 Å². The maximum absolute atomic E-state index is 13.9. The first-order valence-electron chi connectivity index (χ1n) is 7.15. The Morgan fingerprint density at radius 1 is 1.26 bits per heavy atom. The van der Waals surface area contributed by atoms with Gasteiger partial charge >= 0.3 is 0 Å². The Balaban J connectivity index is 1.72. The molecule has 0 radical (unpaired) electrons. The summed E-state index contributed by atoms with van der Waals surface area (Å²) < 4.78 is 58.8. The standard InChI is InChI=1S/C14H15F2N3O3S/c15-12-3-9(5-17)4-13(16)14(12)23(20,21)19-6-11(7-19)18-10-1-2-22-8-10/h3-4,10-11,18H,1-2,6-8H2. The smallest absolute Gasteiger partial charge is 0.249 e. The van der Waals surface area contributed by atoms with Gasteiger partial charge in [0, 0.05) is 31.8 Å². The van der Waals surface area contributed by atoms with Crippen molar-refractivity contribution < 1.29 is 21.9 Å². The topological polar surface area (TPSA) is 82.4 Å². The fourth-order valence-corrected chi connectivity index (χ4v) is 4.36. The minimum Gasteiger partial charge on any atom is -0.380 e. The monoisotopic (exact) mass is 343 g/mol. The van der Waals surface area contributed by atoms with Crippen LogP contribution >= 0.6 is 0 Å². The summed E-state index contributed by atoms with van der Waals surface area (Å²) in [5.41, 5.74) is -0.261. The predicted octanol–water partition coefficient (Wildman–Crippen LogP) is 0.588. The van der Waals surface area contributed by atoms with Crippen molar-refractivity contribution in [2.24, 2.45) is 0 Å². The number of nitrogens with one attached hydrogen (secondary N) is 1. The number of benzene rings is 1. The van der Waals surface area contributed by atoms with E-state index in [1.165, 1.54) is 0 Å². The maximum Gasteiger partial charge on any atom is 0.249 e. The highest BCUT2D eigenvalue weighted by atomic mass is 32.2. The van der Waals surface area contributed by atoms with Gasteiger partial charge < -0.3 is 10.1 Å². The molecule has 2 aliphatic rings. The van der Waals surface area contributed by atoms with Gasteiger partial charge in [-0.15, -0.1) is 0 Å². The van der Waals surface area contributed by atoms with E-state index in [0.29, 0.717) is 13.2 Å². The zero-order valence-corrected chi connectivity index (χ0v) is 12.9. The fraction of sp³-hybridized carbons (Fsp3) is 0.500. The van der Waals surface area contributed by atoms with E-state index in [0.717, 1.165) is 22.9 Å². The van der Waals surface area contributed by atoms with Crippen molar-refractivity contribution in [3.63, 3.8) is 0 Å². The lowest BCUT2D eigenvalue weighted by molar-refractivity contribution is 0.172. The first-order chi connectivity index (χ1) is 10.9. The first-order valence-corrected chi connectivity index (χ1v) is 8.59. The molecule has 6 nitrogen and oxygen atoms in total. The lowest BCUT2D eigenvalue weighted by Crippen LogP contribution is -2.61. The van der Waals surface area contributed by atoms with Gasteiger partial charge in [-0.05, 0) is 18.6 Å². The average Bonchev–Trinajstić information content (AvgIpc) is 2.93. The summed E-state index contributed by atoms with van der Waals surface area (Å²) in [6.07, 6.45) is 0.863. The largest absolute Gasteiger partial charge is 0.380 e. The summed E-state index contributed by atoms with van der Waals surface area (Å²) in [7, 11) is -4.25. The van der Waals surface area contributed by atoms with Crippen molar-refractivity contribution in [3.8, 4) is 6.07 Å². The number of sulfonamides is 1. The molecule has 1 aromatic rings. The molecule has 2 saturated heterocycles. The van der Waals surface area contributed by atoms with Crippen LogP contribution in [0.15, 0.2) is 17.0 Å². The quantitative estimate of drug-likeness (QED) is 0.865. The summed E-state index contributed by atoms with van der Waals surface area (Å²) in [6.45, 7) is 1.56. The molecule has 2 heterocycles. The van der Waals surface area contributed by atoms with Crippen LogP contribution in [-0.2, 0) is 14.8 Å². The van der Waals surface area contributed by atoms with Crippen LogP contribution < -0.4 is 5.32 Å². The Kier molecular flexibility index (Phi) is 4.33. The third-order valence-corrected chi connectivity index (χ3v) is 5.86. The van der Waals surface area contributed by atoms with Gasteiger partial charge in [-0.1, -0.05) is 0 Å². The van der Waals surface area contributed by atoms with Gasteiger partial charge in [0.25, 0.3) is 0 Å². The number of halogens is 2. The Morgan fingerprint density at radius 3 is 2.43 bits per heavy atom. The number of rotatable bonds is 4. The highest BCUT2D eigenvalue weighted by Crippen LogP contribution is 2.27. The number of hydrogen-bond donors (Lipinski definition) is 1. The zero-order chi connectivity index (χ0) is 16.6. The minimum atomic E-state index is -4.25. The molecule has 0 aliphatic carbocycles. The second-order valence-corrected chi connectivity index (χ2v) is 7.50. The number of nitrogens with zero attached hydrogens (tertiary/aromatic N) is 2. The molecular formula is C14H15F2N3O3S. The lowest BCUT2D eigenvalue weighted by atomic mass is 10.1. The zero-order valence-electron chi connectivity index (χ0n) is 12.1. The van der Waals surface area contributed by atoms with Crippen LogP contribution in [0.1, 0.15) is 12.0 Å². The molecule has 0 spiro atoms. The highest BCUT2D eigenvalue weighted by Gasteiger charge is 2.40. The van der Waals surface area contributed by atoms with Crippen molar-refractivity contribution in [2.75, 3.05) is 26.3 Å². The molecule has 0 amide bonds. The molecular weight excluding hydrogens is 328 g/mol. The van der Waals surface area contributed by atoms with Crippen molar-refractivity contribution in [3.05, 3.63) is 29.3 Å². The van der Waals surface area contributed by atoms with Crippen LogP contribution in [0.4, 0.5) is 8.78 Å². The molecule has 2 fully saturated rings. The van der Waals surface area contributed by atoms with E-state index in [9.17, 15) is 17.2 Å². The summed E-state index contributed by atoms with van der Waals surface area (Å²) >= 11 is 0. The van der Waals surface area contributed by atoms with Gasteiger partial charge in [0.2, 0.25) is 10.0 Å². The van der Waals surface area contributed by atoms with Gasteiger partial charge in [0.1, 0.15) is 11.6 Å². The molecule has 9 heteroatoms. The van der Waals surface area contributed by atoms with Crippen LogP contribution in [0, 0.1) is 23.0 Å². The summed E-state index contributed by atoms with van der Waals surface area (Å²) in [5, 5.41) is 11.9. The van der Waals surface area contributed by atoms with E-state index in [-0.39, 0.29) is 30.7 Å². The molecule has 1 atom stereocenters. The van der Waals surface area contributed by atoms with Crippen LogP contribution in [-0.4, -0.2) is 51.1 Å². The number of nitriles is 1. The third kappa shape index (κ3) is 3.07. The molecule has 1 N–H and O–H groups in total. The lowest BCUT2D eigenvalue weighted by Gasteiger charge is -2.39. The first kappa shape index (κ1) is 16.3. The molecule has 124 valence electrons. The fourth-order valence-electron chi connectivity index (χ4n) is 2.74. The summed E-state index contributed by atoms with van der Waals surface area (Å²) in [4.78, 5) is -1.00. The van der Waals surface area contributed by atoms with Gasteiger partial charge in [0.05, 0.1) is 18.2 Å². The second-order valence-electron chi connectivity index (χ2n) is 5.63. The number of ether oxygens (including phenoxy) is 1. The minimum absolute atomic E-state index is 0.0546. The Hall–Kier alpha value is -1.60. The molecule has 23 heavy (non-hydrogen) atoms. The molecule has 0 aromatic heterocycles. The van der Waals surface area contributed by atoms with Crippen molar-refractivity contribution in [1.82, 2.24) is 9.62 Å². The van der Waals surface area contributed by atoms with Gasteiger partial charge in [0.15, 0.2) is 4.90 Å². The molecule has 1 unspecified atom stereocenters. The summed E-state index contributed by atoms with van der Waals surface area (Å²) in [6, 6.07) is 3.16. The van der Waals surface area contributed by atoms with Crippen LogP contribution in [0.2, 0.25) is 0 Å². The third-order valence-electron chi connectivity index (χ3n) is 3.97. The molecule has 2 aliphatic heterocycles. The van der Waals surface area contributed by atoms with Gasteiger partial charge in [-0.25, -0.2) is 17.2 Å². The second kappa shape index (κ2) is 6.13.